The maximum absolute atomic E-state index is 13.0. The van der Waals surface area contributed by atoms with Gasteiger partial charge < -0.3 is 20.4 Å². The normalized spacial score (nSPS) is 14.4. The van der Waals surface area contributed by atoms with Crippen LogP contribution >= 0.6 is 0 Å². The molecule has 36 heavy (non-hydrogen) atoms. The number of amidine groups is 1. The number of amides is 1. The molecule has 1 aliphatic rings. The molecular formula is C24H29N7O4S. The van der Waals surface area contributed by atoms with E-state index in [2.05, 4.69) is 31.3 Å². The molecule has 4 rings (SSSR count). The number of hydrogen-bond acceptors (Lipinski definition) is 7. The van der Waals surface area contributed by atoms with Crippen LogP contribution in [0.2, 0.25) is 0 Å². The lowest BCUT2D eigenvalue weighted by atomic mass is 10.1. The highest BCUT2D eigenvalue weighted by Gasteiger charge is 2.27. The Morgan fingerprint density at radius 1 is 1.22 bits per heavy atom. The lowest BCUT2D eigenvalue weighted by Gasteiger charge is -2.27. The highest BCUT2D eigenvalue weighted by Crippen LogP contribution is 2.30. The molecule has 1 amide bonds. The number of nitrogens with two attached hydrogens (primary N) is 1. The number of imidazole rings is 1. The van der Waals surface area contributed by atoms with Gasteiger partial charge >= 0.3 is 10.2 Å². The van der Waals surface area contributed by atoms with E-state index in [4.69, 9.17) is 10.5 Å². The number of pyridine rings is 1. The second kappa shape index (κ2) is 9.97. The van der Waals surface area contributed by atoms with Crippen molar-refractivity contribution in [1.82, 2.24) is 19.9 Å². The first-order chi connectivity index (χ1) is 17.1. The molecule has 0 fully saturated rings. The quantitative estimate of drug-likeness (QED) is 0.398. The summed E-state index contributed by atoms with van der Waals surface area (Å²) in [7, 11) is -3.89. The minimum absolute atomic E-state index is 0.0998. The summed E-state index contributed by atoms with van der Waals surface area (Å²) in [6.45, 7) is 6.37. The third kappa shape index (κ3) is 5.82. The summed E-state index contributed by atoms with van der Waals surface area (Å²) in [6.07, 6.45) is 7.15. The Labute approximate surface area is 210 Å². The molecule has 4 N–H and O–H groups in total. The van der Waals surface area contributed by atoms with Gasteiger partial charge in [0.1, 0.15) is 18.2 Å². The van der Waals surface area contributed by atoms with Crippen molar-refractivity contribution in [2.45, 2.75) is 45.7 Å². The van der Waals surface area contributed by atoms with E-state index >= 15 is 0 Å². The van der Waals surface area contributed by atoms with Crippen LogP contribution < -0.4 is 20.5 Å². The molecule has 0 saturated carbocycles. The highest BCUT2D eigenvalue weighted by atomic mass is 32.2. The van der Waals surface area contributed by atoms with Gasteiger partial charge in [0, 0.05) is 30.6 Å². The summed E-state index contributed by atoms with van der Waals surface area (Å²) in [5.41, 5.74) is 6.98. The van der Waals surface area contributed by atoms with Crippen LogP contribution in [0.15, 0.2) is 53.3 Å². The Hall–Kier alpha value is -3.93. The monoisotopic (exact) mass is 511 g/mol. The first-order valence-electron chi connectivity index (χ1n) is 11.5. The molecule has 2 aromatic heterocycles. The molecule has 12 heteroatoms. The van der Waals surface area contributed by atoms with Gasteiger partial charge in [0.2, 0.25) is 0 Å². The van der Waals surface area contributed by atoms with Crippen LogP contribution in [-0.2, 0) is 23.2 Å². The predicted molar refractivity (Wildman–Crippen MR) is 136 cm³/mol. The van der Waals surface area contributed by atoms with Crippen molar-refractivity contribution >= 4 is 27.6 Å². The number of nitrogens with one attached hydrogen (secondary N) is 2. The lowest BCUT2D eigenvalue weighted by molar-refractivity contribution is 0.0880. The summed E-state index contributed by atoms with van der Waals surface area (Å²) >= 11 is 0. The Kier molecular flexibility index (Phi) is 6.97. The maximum Gasteiger partial charge on any atom is 0.344 e. The second-order valence-electron chi connectivity index (χ2n) is 9.12. The summed E-state index contributed by atoms with van der Waals surface area (Å²) in [4.78, 5) is 21.8. The summed E-state index contributed by atoms with van der Waals surface area (Å²) < 4.78 is 37.4. The van der Waals surface area contributed by atoms with Gasteiger partial charge in [0.25, 0.3) is 5.91 Å². The van der Waals surface area contributed by atoms with Crippen molar-refractivity contribution < 1.29 is 17.9 Å². The average Bonchev–Trinajstić information content (AvgIpc) is 3.23. The molecule has 190 valence electrons. The Bertz CT molecular complexity index is 1410. The van der Waals surface area contributed by atoms with E-state index < -0.39 is 15.7 Å². The number of hydrogen-bond donors (Lipinski definition) is 3. The fraction of sp³-hybridized carbons (Fsp3) is 0.333. The van der Waals surface area contributed by atoms with Crippen molar-refractivity contribution in [3.8, 4) is 5.75 Å². The van der Waals surface area contributed by atoms with Crippen LogP contribution in [0, 0.1) is 0 Å². The number of aryl methyl sites for hydroxylation is 1. The summed E-state index contributed by atoms with van der Waals surface area (Å²) in [5.74, 6) is 0.906. The molecular weight excluding hydrogens is 482 g/mol. The number of anilines is 1. The zero-order valence-corrected chi connectivity index (χ0v) is 21.2. The number of carbonyl (C=O) groups is 1. The van der Waals surface area contributed by atoms with Gasteiger partial charge in [0.15, 0.2) is 5.84 Å². The summed E-state index contributed by atoms with van der Waals surface area (Å²) in [5, 5.41) is 2.98. The first-order valence-corrected chi connectivity index (χ1v) is 12.9. The number of aromatic nitrogens is 3. The molecule has 1 aromatic carbocycles. The standard InChI is InChI=1S/C24H29N7O4S/c1-4-6-20-27-11-12-31(20)14-17-13-16(9-10-26-17)23(32)28-24(2,3)15-35-19-8-5-7-18-21(19)22(25)30-36(33,34)29-18/h5,7-13,29H,4,6,14-15H2,1-3H3,(H2,25,30)(H,28,32). The zero-order valence-electron chi connectivity index (χ0n) is 20.4. The fourth-order valence-electron chi connectivity index (χ4n) is 3.83. The highest BCUT2D eigenvalue weighted by molar-refractivity contribution is 7.91. The van der Waals surface area contributed by atoms with E-state index in [0.29, 0.717) is 23.4 Å². The second-order valence-corrected chi connectivity index (χ2v) is 10.5. The first kappa shape index (κ1) is 25.2. The van der Waals surface area contributed by atoms with Crippen molar-refractivity contribution in [3.63, 3.8) is 0 Å². The molecule has 11 nitrogen and oxygen atoms in total. The Balaban J connectivity index is 1.43. The maximum atomic E-state index is 13.0. The number of carbonyl (C=O) groups excluding carboxylic acids is 1. The van der Waals surface area contributed by atoms with Crippen molar-refractivity contribution in [2.24, 2.45) is 10.1 Å². The van der Waals surface area contributed by atoms with Crippen LogP contribution in [0.5, 0.6) is 5.75 Å². The van der Waals surface area contributed by atoms with E-state index in [1.165, 1.54) is 0 Å². The van der Waals surface area contributed by atoms with Crippen LogP contribution in [0.25, 0.3) is 0 Å². The van der Waals surface area contributed by atoms with Crippen molar-refractivity contribution in [2.75, 3.05) is 11.3 Å². The summed E-state index contributed by atoms with van der Waals surface area (Å²) in [6, 6.07) is 8.30. The van der Waals surface area contributed by atoms with Crippen LogP contribution in [0.4, 0.5) is 5.69 Å². The van der Waals surface area contributed by atoms with E-state index in [1.54, 1.807) is 42.7 Å². The molecule has 0 aliphatic carbocycles. The Morgan fingerprint density at radius 2 is 2.03 bits per heavy atom. The van der Waals surface area contributed by atoms with Gasteiger partial charge in [-0.25, -0.2) is 4.98 Å². The minimum atomic E-state index is -3.89. The minimum Gasteiger partial charge on any atom is -0.490 e. The largest absolute Gasteiger partial charge is 0.490 e. The van der Waals surface area contributed by atoms with Gasteiger partial charge in [0.05, 0.1) is 29.0 Å². The van der Waals surface area contributed by atoms with E-state index in [0.717, 1.165) is 24.4 Å². The van der Waals surface area contributed by atoms with E-state index in [-0.39, 0.29) is 24.0 Å². The molecule has 0 atom stereocenters. The third-order valence-electron chi connectivity index (χ3n) is 5.47. The number of rotatable bonds is 9. The SMILES string of the molecule is CCCc1nccn1Cc1cc(C(=O)NC(C)(C)COc2cccc3c2C(N)=NS(=O)(=O)N3)ccn1. The molecule has 3 aromatic rings. The molecule has 3 heterocycles. The topological polar surface area (TPSA) is 154 Å². The van der Waals surface area contributed by atoms with Crippen LogP contribution in [0.1, 0.15) is 54.6 Å². The van der Waals surface area contributed by atoms with Gasteiger partial charge in [-0.3, -0.25) is 14.5 Å². The predicted octanol–water partition coefficient (Wildman–Crippen LogP) is 2.24. The van der Waals surface area contributed by atoms with E-state index in [1.807, 2.05) is 24.6 Å². The molecule has 0 unspecified atom stereocenters. The van der Waals surface area contributed by atoms with Crippen LogP contribution in [0.3, 0.4) is 0 Å². The molecule has 0 spiro atoms. The van der Waals surface area contributed by atoms with Gasteiger partial charge in [-0.2, -0.15) is 8.42 Å². The van der Waals surface area contributed by atoms with E-state index in [9.17, 15) is 13.2 Å². The van der Waals surface area contributed by atoms with Gasteiger partial charge in [-0.15, -0.1) is 4.40 Å². The number of benzene rings is 1. The average molecular weight is 512 g/mol. The zero-order chi connectivity index (χ0) is 25.9. The Morgan fingerprint density at radius 3 is 2.81 bits per heavy atom. The van der Waals surface area contributed by atoms with Crippen molar-refractivity contribution in [3.05, 3.63) is 71.6 Å². The van der Waals surface area contributed by atoms with Crippen LogP contribution in [-0.4, -0.2) is 46.8 Å². The lowest BCUT2D eigenvalue weighted by Crippen LogP contribution is -2.48. The molecule has 1 aliphatic heterocycles. The molecule has 0 radical (unpaired) electrons. The number of nitrogens with zero attached hydrogens (tertiary/aromatic N) is 4. The van der Waals surface area contributed by atoms with Crippen molar-refractivity contribution in [1.29, 1.82) is 0 Å². The van der Waals surface area contributed by atoms with Gasteiger partial charge in [-0.05, 0) is 44.5 Å². The van der Waals surface area contributed by atoms with Gasteiger partial charge in [-0.1, -0.05) is 13.0 Å². The molecule has 0 saturated heterocycles. The smallest absolute Gasteiger partial charge is 0.344 e. The number of fused-ring (bicyclic) bond motifs is 1. The fourth-order valence-corrected chi connectivity index (χ4v) is 4.67. The molecule has 0 bridgehead atoms. The third-order valence-corrected chi connectivity index (χ3v) is 6.38. The number of ether oxygens (including phenoxy) is 1.